The number of hydrogen-bond donors (Lipinski definition) is 2. The van der Waals surface area contributed by atoms with E-state index in [1.165, 1.54) is 6.08 Å². The maximum atomic E-state index is 12.9. The molecule has 4 aromatic rings. The lowest BCUT2D eigenvalue weighted by Crippen LogP contribution is -2.40. The molecule has 35 heavy (non-hydrogen) atoms. The average molecular weight is 490 g/mol. The average Bonchev–Trinajstić information content (AvgIpc) is 3.30. The standard InChI is InChI=1S/C26H24ClN5O3/c1-2-22(33)31-13-3-4-18(14-31)32-15-21(23-24(32)26(34)30-29-25(23)28)16-5-9-19(10-6-16)35-20-11-7-17(27)8-12-20/h2,5-12,15,18H,1,3-4,13-14H2,(H2,28,29)(H,30,34). The molecule has 178 valence electrons. The molecule has 1 unspecified atom stereocenters. The van der Waals surface area contributed by atoms with E-state index in [0.29, 0.717) is 40.5 Å². The van der Waals surface area contributed by atoms with Gasteiger partial charge in [0.1, 0.15) is 17.0 Å². The highest BCUT2D eigenvalue weighted by Crippen LogP contribution is 2.36. The minimum absolute atomic E-state index is 0.0701. The molecule has 8 nitrogen and oxygen atoms in total. The first kappa shape index (κ1) is 22.7. The number of nitrogens with two attached hydrogens (primary N) is 1. The van der Waals surface area contributed by atoms with E-state index in [9.17, 15) is 9.59 Å². The van der Waals surface area contributed by atoms with Crippen LogP contribution in [0.5, 0.6) is 11.5 Å². The van der Waals surface area contributed by atoms with Crippen molar-refractivity contribution in [3.63, 3.8) is 0 Å². The molecule has 0 radical (unpaired) electrons. The van der Waals surface area contributed by atoms with Gasteiger partial charge in [-0.25, -0.2) is 5.10 Å². The first-order chi connectivity index (χ1) is 16.9. The van der Waals surface area contributed by atoms with Crippen molar-refractivity contribution >= 4 is 34.2 Å². The number of nitrogens with one attached hydrogen (secondary N) is 1. The van der Waals surface area contributed by atoms with Gasteiger partial charge in [0.05, 0.1) is 11.4 Å². The number of carbonyl (C=O) groups is 1. The zero-order chi connectivity index (χ0) is 24.5. The third-order valence-electron chi connectivity index (χ3n) is 6.27. The molecule has 1 aliphatic heterocycles. The number of aromatic nitrogens is 3. The third-order valence-corrected chi connectivity index (χ3v) is 6.52. The molecule has 3 N–H and O–H groups in total. The summed E-state index contributed by atoms with van der Waals surface area (Å²) in [5.74, 6) is 1.46. The molecule has 9 heteroatoms. The normalized spacial score (nSPS) is 15.8. The van der Waals surface area contributed by atoms with Crippen molar-refractivity contribution in [3.8, 4) is 22.6 Å². The largest absolute Gasteiger partial charge is 0.457 e. The van der Waals surface area contributed by atoms with Gasteiger partial charge in [-0.3, -0.25) is 9.59 Å². The van der Waals surface area contributed by atoms with Gasteiger partial charge in [-0.2, -0.15) is 5.10 Å². The van der Waals surface area contributed by atoms with E-state index in [0.717, 1.165) is 24.0 Å². The number of hydrogen-bond acceptors (Lipinski definition) is 5. The van der Waals surface area contributed by atoms with Crippen molar-refractivity contribution in [1.29, 1.82) is 0 Å². The molecule has 2 aromatic carbocycles. The summed E-state index contributed by atoms with van der Waals surface area (Å²) in [6.07, 6.45) is 4.91. The van der Waals surface area contributed by atoms with E-state index < -0.39 is 0 Å². The van der Waals surface area contributed by atoms with E-state index in [1.54, 1.807) is 29.2 Å². The summed E-state index contributed by atoms with van der Waals surface area (Å²) >= 11 is 5.94. The zero-order valence-corrected chi connectivity index (χ0v) is 19.7. The van der Waals surface area contributed by atoms with Crippen LogP contribution in [0.4, 0.5) is 5.82 Å². The predicted octanol–water partition coefficient (Wildman–Crippen LogP) is 4.77. The lowest BCUT2D eigenvalue weighted by molar-refractivity contribution is -0.127. The molecule has 3 heterocycles. The minimum atomic E-state index is -0.324. The smallest absolute Gasteiger partial charge is 0.288 e. The number of carbonyl (C=O) groups excluding carboxylic acids is 1. The van der Waals surface area contributed by atoms with Crippen molar-refractivity contribution in [2.24, 2.45) is 0 Å². The number of anilines is 1. The van der Waals surface area contributed by atoms with Crippen molar-refractivity contribution in [2.45, 2.75) is 18.9 Å². The fourth-order valence-electron chi connectivity index (χ4n) is 4.59. The lowest BCUT2D eigenvalue weighted by Gasteiger charge is -2.33. The molecule has 0 bridgehead atoms. The predicted molar refractivity (Wildman–Crippen MR) is 137 cm³/mol. The first-order valence-corrected chi connectivity index (χ1v) is 11.7. The number of aromatic amines is 1. The molecule has 0 aliphatic carbocycles. The van der Waals surface area contributed by atoms with Gasteiger partial charge in [0.25, 0.3) is 5.56 Å². The van der Waals surface area contributed by atoms with Crippen LogP contribution in [0, 0.1) is 0 Å². The Morgan fingerprint density at radius 2 is 1.86 bits per heavy atom. The number of nitrogen functional groups attached to an aromatic ring is 1. The van der Waals surface area contributed by atoms with Gasteiger partial charge in [-0.15, -0.1) is 0 Å². The number of fused-ring (bicyclic) bond motifs is 1. The minimum Gasteiger partial charge on any atom is -0.457 e. The number of H-pyrrole nitrogens is 1. The fourth-order valence-corrected chi connectivity index (χ4v) is 4.72. The molecule has 1 amide bonds. The van der Waals surface area contributed by atoms with Gasteiger partial charge in [-0.05, 0) is 60.9 Å². The number of amides is 1. The number of likely N-dealkylation sites (tertiary alicyclic amines) is 1. The monoisotopic (exact) mass is 489 g/mol. The Kier molecular flexibility index (Phi) is 6.05. The van der Waals surface area contributed by atoms with Gasteiger partial charge >= 0.3 is 0 Å². The van der Waals surface area contributed by atoms with Crippen LogP contribution in [0.2, 0.25) is 5.02 Å². The second-order valence-corrected chi connectivity index (χ2v) is 8.91. The Morgan fingerprint density at radius 1 is 1.17 bits per heavy atom. The van der Waals surface area contributed by atoms with E-state index in [2.05, 4.69) is 16.8 Å². The Hall–Kier alpha value is -4.04. The topological polar surface area (TPSA) is 106 Å². The van der Waals surface area contributed by atoms with Gasteiger partial charge in [0.2, 0.25) is 5.91 Å². The van der Waals surface area contributed by atoms with E-state index in [1.807, 2.05) is 35.0 Å². The van der Waals surface area contributed by atoms with Crippen LogP contribution >= 0.6 is 11.6 Å². The van der Waals surface area contributed by atoms with Crippen molar-refractivity contribution in [2.75, 3.05) is 18.8 Å². The van der Waals surface area contributed by atoms with Gasteiger partial charge in [0.15, 0.2) is 5.82 Å². The number of ether oxygens (including phenoxy) is 1. The number of piperidine rings is 1. The lowest BCUT2D eigenvalue weighted by atomic mass is 10.1. The molecule has 1 aliphatic rings. The summed E-state index contributed by atoms with van der Waals surface area (Å²) in [7, 11) is 0. The van der Waals surface area contributed by atoms with Gasteiger partial charge < -0.3 is 19.9 Å². The summed E-state index contributed by atoms with van der Waals surface area (Å²) in [6.45, 7) is 4.76. The Labute approximate surface area is 206 Å². The Balaban J connectivity index is 1.53. The molecule has 1 fully saturated rings. The highest BCUT2D eigenvalue weighted by molar-refractivity contribution is 6.30. The van der Waals surface area contributed by atoms with Crippen LogP contribution in [-0.4, -0.2) is 38.7 Å². The van der Waals surface area contributed by atoms with Crippen molar-refractivity contribution < 1.29 is 9.53 Å². The maximum Gasteiger partial charge on any atom is 0.288 e. The van der Waals surface area contributed by atoms with E-state index in [-0.39, 0.29) is 23.3 Å². The molecule has 2 aromatic heterocycles. The number of rotatable bonds is 5. The van der Waals surface area contributed by atoms with Gasteiger partial charge in [0, 0.05) is 29.9 Å². The third kappa shape index (κ3) is 4.40. The van der Waals surface area contributed by atoms with Crippen LogP contribution in [0.15, 0.2) is 72.2 Å². The Bertz CT molecular complexity index is 1460. The quantitative estimate of drug-likeness (QED) is 0.393. The number of nitrogens with zero attached hydrogens (tertiary/aromatic N) is 3. The molecular formula is C26H24ClN5O3. The summed E-state index contributed by atoms with van der Waals surface area (Å²) in [5.41, 5.74) is 8.03. The second-order valence-electron chi connectivity index (χ2n) is 8.48. The summed E-state index contributed by atoms with van der Waals surface area (Å²) in [6, 6.07) is 14.6. The van der Waals surface area contributed by atoms with Gasteiger partial charge in [-0.1, -0.05) is 30.3 Å². The van der Waals surface area contributed by atoms with E-state index in [4.69, 9.17) is 22.1 Å². The molecule has 0 saturated carbocycles. The van der Waals surface area contributed by atoms with Crippen molar-refractivity contribution in [1.82, 2.24) is 19.7 Å². The van der Waals surface area contributed by atoms with Crippen LogP contribution in [0.1, 0.15) is 18.9 Å². The molecule has 0 spiro atoms. The SMILES string of the molecule is C=CC(=O)N1CCCC(n2cc(-c3ccc(Oc4ccc(Cl)cc4)cc3)c3c(N)n[nH]c(=O)c32)C1. The maximum absolute atomic E-state index is 12.9. The molecular weight excluding hydrogens is 466 g/mol. The van der Waals surface area contributed by atoms with Crippen LogP contribution in [-0.2, 0) is 4.79 Å². The first-order valence-electron chi connectivity index (χ1n) is 11.3. The molecule has 1 saturated heterocycles. The molecule has 5 rings (SSSR count). The highest BCUT2D eigenvalue weighted by atomic mass is 35.5. The summed E-state index contributed by atoms with van der Waals surface area (Å²) in [5, 5.41) is 7.73. The second kappa shape index (κ2) is 9.31. The summed E-state index contributed by atoms with van der Waals surface area (Å²) in [4.78, 5) is 26.8. The van der Waals surface area contributed by atoms with Crippen LogP contribution < -0.4 is 16.0 Å². The fraction of sp³-hybridized carbons (Fsp3) is 0.192. The van der Waals surface area contributed by atoms with E-state index >= 15 is 0 Å². The molecule has 1 atom stereocenters. The van der Waals surface area contributed by atoms with Crippen LogP contribution in [0.3, 0.4) is 0 Å². The number of halogens is 1. The number of benzene rings is 2. The highest BCUT2D eigenvalue weighted by Gasteiger charge is 2.27. The van der Waals surface area contributed by atoms with Crippen LogP contribution in [0.25, 0.3) is 22.0 Å². The zero-order valence-electron chi connectivity index (χ0n) is 18.9. The summed E-state index contributed by atoms with van der Waals surface area (Å²) < 4.78 is 7.83. The van der Waals surface area contributed by atoms with Crippen molar-refractivity contribution in [3.05, 3.63) is 82.8 Å². The Morgan fingerprint density at radius 3 is 2.54 bits per heavy atom.